The lowest BCUT2D eigenvalue weighted by molar-refractivity contribution is 0.111. The number of rotatable bonds is 0. The molecule has 1 saturated heterocycles. The van der Waals surface area contributed by atoms with Crippen molar-refractivity contribution in [2.75, 3.05) is 6.61 Å². The van der Waals surface area contributed by atoms with E-state index in [-0.39, 0.29) is 6.61 Å². The number of hydrogen-bond donors (Lipinski definition) is 2. The highest BCUT2D eigenvalue weighted by atomic mass is 32.3. The normalized spacial score (nSPS) is 30.4. The van der Waals surface area contributed by atoms with Crippen LogP contribution in [-0.4, -0.2) is 20.9 Å². The van der Waals surface area contributed by atoms with E-state index in [1.54, 1.807) is 0 Å². The second-order valence-corrected chi connectivity index (χ2v) is 2.93. The zero-order valence-electron chi connectivity index (χ0n) is 4.40. The molecule has 0 aromatic carbocycles. The Bertz CT molecular complexity index is 207. The van der Waals surface area contributed by atoms with Crippen LogP contribution in [0.15, 0.2) is 0 Å². The zero-order valence-corrected chi connectivity index (χ0v) is 5.22. The Morgan fingerprint density at radius 2 is 2.00 bits per heavy atom. The van der Waals surface area contributed by atoms with Crippen molar-refractivity contribution in [1.29, 1.82) is 0 Å². The first-order valence-corrected chi connectivity index (χ1v) is 3.42. The Morgan fingerprint density at radius 3 is 2.11 bits per heavy atom. The average Bonchev–Trinajstić information content (AvgIpc) is 1.78. The molecule has 0 radical (unpaired) electrons. The van der Waals surface area contributed by atoms with Crippen molar-refractivity contribution in [3.05, 3.63) is 0 Å². The van der Waals surface area contributed by atoms with E-state index in [1.807, 2.05) is 0 Å². The molecule has 7 heteroatoms. The summed E-state index contributed by atoms with van der Waals surface area (Å²) in [6, 6.07) is 0. The van der Waals surface area contributed by atoms with Crippen LogP contribution in [0.25, 0.3) is 0 Å². The summed E-state index contributed by atoms with van der Waals surface area (Å²) < 4.78 is 28.6. The van der Waals surface area contributed by atoms with Gasteiger partial charge in [-0.2, -0.15) is 8.42 Å². The van der Waals surface area contributed by atoms with Crippen molar-refractivity contribution in [3.8, 4) is 0 Å². The third-order valence-corrected chi connectivity index (χ3v) is 1.61. The molecule has 0 spiro atoms. The molecule has 9 heavy (non-hydrogen) atoms. The van der Waals surface area contributed by atoms with Gasteiger partial charge in [-0.15, -0.1) is 0 Å². The highest BCUT2D eigenvalue weighted by Crippen LogP contribution is 2.13. The molecule has 0 aromatic rings. The fourth-order valence-corrected chi connectivity index (χ4v) is 1.21. The summed E-state index contributed by atoms with van der Waals surface area (Å²) in [4.78, 5) is 0. The van der Waals surface area contributed by atoms with Gasteiger partial charge in [0, 0.05) is 0 Å². The maximum absolute atomic E-state index is 10.2. The predicted molar refractivity (Wildman–Crippen MR) is 27.1 cm³/mol. The summed E-state index contributed by atoms with van der Waals surface area (Å²) in [5.74, 6) is -1.68. The fourth-order valence-electron chi connectivity index (χ4n) is 0.402. The van der Waals surface area contributed by atoms with Crippen molar-refractivity contribution in [2.24, 2.45) is 11.5 Å². The van der Waals surface area contributed by atoms with E-state index in [0.717, 1.165) is 0 Å². The van der Waals surface area contributed by atoms with Crippen LogP contribution in [0.4, 0.5) is 0 Å². The lowest BCUT2D eigenvalue weighted by atomic mass is 10.5. The van der Waals surface area contributed by atoms with Crippen LogP contribution in [0.2, 0.25) is 0 Å². The SMILES string of the molecule is NC1(N)COS(=O)(=O)O1. The van der Waals surface area contributed by atoms with Gasteiger partial charge < -0.3 is 0 Å². The van der Waals surface area contributed by atoms with Crippen LogP contribution in [0, 0.1) is 0 Å². The summed E-state index contributed by atoms with van der Waals surface area (Å²) in [6.07, 6.45) is 0. The second-order valence-electron chi connectivity index (χ2n) is 1.71. The van der Waals surface area contributed by atoms with Crippen LogP contribution in [0.3, 0.4) is 0 Å². The summed E-state index contributed by atoms with van der Waals surface area (Å²) in [5.41, 5.74) is 10.0. The van der Waals surface area contributed by atoms with E-state index in [0.29, 0.717) is 0 Å². The minimum Gasteiger partial charge on any atom is -0.288 e. The summed E-state index contributed by atoms with van der Waals surface area (Å²) in [6.45, 7) is -0.338. The van der Waals surface area contributed by atoms with Gasteiger partial charge in [0.2, 0.25) is 5.85 Å². The van der Waals surface area contributed by atoms with Crippen LogP contribution in [0.1, 0.15) is 0 Å². The molecule has 0 aliphatic carbocycles. The van der Waals surface area contributed by atoms with Crippen LogP contribution >= 0.6 is 0 Å². The maximum Gasteiger partial charge on any atom is 0.403 e. The average molecular weight is 154 g/mol. The minimum absolute atomic E-state index is 0.338. The Balaban J connectivity index is 2.81. The standard InChI is InChI=1S/C2H6N2O4S/c3-2(4)1-7-9(5,6)8-2/h1,3-4H2. The summed E-state index contributed by atoms with van der Waals surface area (Å²) in [5, 5.41) is 0. The lowest BCUT2D eigenvalue weighted by Crippen LogP contribution is -2.51. The molecule has 0 bridgehead atoms. The quantitative estimate of drug-likeness (QED) is 0.385. The Morgan fingerprint density at radius 1 is 1.44 bits per heavy atom. The van der Waals surface area contributed by atoms with Crippen molar-refractivity contribution >= 4 is 10.4 Å². The Hall–Kier alpha value is -0.210. The highest BCUT2D eigenvalue weighted by Gasteiger charge is 2.38. The topological polar surface area (TPSA) is 105 Å². The van der Waals surface area contributed by atoms with E-state index < -0.39 is 16.2 Å². The minimum atomic E-state index is -3.90. The first kappa shape index (κ1) is 6.90. The molecule has 0 atom stereocenters. The van der Waals surface area contributed by atoms with Gasteiger partial charge in [-0.1, -0.05) is 0 Å². The second kappa shape index (κ2) is 1.64. The number of hydrogen-bond acceptors (Lipinski definition) is 6. The van der Waals surface area contributed by atoms with Gasteiger partial charge in [0.15, 0.2) is 0 Å². The summed E-state index contributed by atoms with van der Waals surface area (Å²) >= 11 is 0. The first-order chi connectivity index (χ1) is 3.91. The van der Waals surface area contributed by atoms with Crippen LogP contribution < -0.4 is 11.5 Å². The van der Waals surface area contributed by atoms with E-state index >= 15 is 0 Å². The highest BCUT2D eigenvalue weighted by molar-refractivity contribution is 7.82. The molecule has 1 rings (SSSR count). The molecular weight excluding hydrogens is 148 g/mol. The van der Waals surface area contributed by atoms with E-state index in [9.17, 15) is 8.42 Å². The van der Waals surface area contributed by atoms with E-state index in [2.05, 4.69) is 8.37 Å². The van der Waals surface area contributed by atoms with Gasteiger partial charge in [0.05, 0.1) is 0 Å². The largest absolute Gasteiger partial charge is 0.403 e. The van der Waals surface area contributed by atoms with Crippen molar-refractivity contribution < 1.29 is 16.8 Å². The Labute approximate surface area is 52.0 Å². The van der Waals surface area contributed by atoms with Gasteiger partial charge >= 0.3 is 10.4 Å². The van der Waals surface area contributed by atoms with Crippen molar-refractivity contribution in [3.63, 3.8) is 0 Å². The molecular formula is C2H6N2O4S. The predicted octanol–water partition coefficient (Wildman–Crippen LogP) is -2.15. The molecule has 1 aliphatic rings. The van der Waals surface area contributed by atoms with E-state index in [4.69, 9.17) is 11.5 Å². The van der Waals surface area contributed by atoms with Gasteiger partial charge in [0.1, 0.15) is 6.61 Å². The molecule has 1 fully saturated rings. The molecule has 4 N–H and O–H groups in total. The number of nitrogens with two attached hydrogens (primary N) is 2. The van der Waals surface area contributed by atoms with Gasteiger partial charge in [-0.25, -0.2) is 8.37 Å². The smallest absolute Gasteiger partial charge is 0.288 e. The molecule has 6 nitrogen and oxygen atoms in total. The van der Waals surface area contributed by atoms with Crippen LogP contribution in [0.5, 0.6) is 0 Å². The third kappa shape index (κ3) is 1.60. The molecule has 0 aromatic heterocycles. The molecule has 0 saturated carbocycles. The van der Waals surface area contributed by atoms with Gasteiger partial charge in [0.25, 0.3) is 0 Å². The fraction of sp³-hybridized carbons (Fsp3) is 1.00. The first-order valence-electron chi connectivity index (χ1n) is 2.09. The van der Waals surface area contributed by atoms with E-state index in [1.165, 1.54) is 0 Å². The molecule has 54 valence electrons. The molecule has 0 amide bonds. The Kier molecular flexibility index (Phi) is 1.26. The zero-order chi connectivity index (χ0) is 7.12. The molecule has 1 heterocycles. The van der Waals surface area contributed by atoms with Crippen molar-refractivity contribution in [1.82, 2.24) is 0 Å². The summed E-state index contributed by atoms with van der Waals surface area (Å²) in [7, 11) is -3.90. The van der Waals surface area contributed by atoms with Crippen LogP contribution in [-0.2, 0) is 18.8 Å². The molecule has 0 unspecified atom stereocenters. The van der Waals surface area contributed by atoms with Gasteiger partial charge in [-0.3, -0.25) is 11.5 Å². The maximum atomic E-state index is 10.2. The lowest BCUT2D eigenvalue weighted by Gasteiger charge is -2.09. The monoisotopic (exact) mass is 154 g/mol. The van der Waals surface area contributed by atoms with Gasteiger partial charge in [-0.05, 0) is 0 Å². The third-order valence-electron chi connectivity index (χ3n) is 0.686. The van der Waals surface area contributed by atoms with Crippen molar-refractivity contribution in [2.45, 2.75) is 5.85 Å². The molecule has 1 aliphatic heterocycles.